The van der Waals surface area contributed by atoms with Gasteiger partial charge in [-0.05, 0) is 25.8 Å². The molecule has 2 rings (SSSR count). The maximum Gasteiger partial charge on any atom is 0.185 e. The fourth-order valence-electron chi connectivity index (χ4n) is 2.15. The van der Waals surface area contributed by atoms with Crippen molar-refractivity contribution < 1.29 is 4.74 Å². The standard InChI is InChI=1S/C12H21N3OS/c1-13-6-11-9-17-12(14-11)15(2)7-10-4-3-5-16-8-10/h9-10,13H,3-8H2,1-2H3. The molecule has 1 fully saturated rings. The molecule has 1 atom stereocenters. The molecule has 1 saturated heterocycles. The lowest BCUT2D eigenvalue weighted by Gasteiger charge is -2.26. The molecule has 96 valence electrons. The second-order valence-corrected chi connectivity index (χ2v) is 5.45. The van der Waals surface area contributed by atoms with Crippen molar-refractivity contribution in [2.75, 3.05) is 38.8 Å². The van der Waals surface area contributed by atoms with Crippen molar-refractivity contribution in [1.29, 1.82) is 0 Å². The van der Waals surface area contributed by atoms with E-state index in [0.29, 0.717) is 5.92 Å². The number of ether oxygens (including phenoxy) is 1. The van der Waals surface area contributed by atoms with Crippen LogP contribution in [0, 0.1) is 5.92 Å². The van der Waals surface area contributed by atoms with Crippen LogP contribution in [0.1, 0.15) is 18.5 Å². The van der Waals surface area contributed by atoms with E-state index in [9.17, 15) is 0 Å². The molecule has 4 nitrogen and oxygen atoms in total. The Morgan fingerprint density at radius 2 is 2.53 bits per heavy atom. The molecule has 0 spiro atoms. The Morgan fingerprint density at radius 1 is 1.65 bits per heavy atom. The Balaban J connectivity index is 1.86. The molecule has 1 unspecified atom stereocenters. The van der Waals surface area contributed by atoms with Crippen LogP contribution in [0.5, 0.6) is 0 Å². The van der Waals surface area contributed by atoms with Gasteiger partial charge >= 0.3 is 0 Å². The van der Waals surface area contributed by atoms with Crippen molar-refractivity contribution in [1.82, 2.24) is 10.3 Å². The zero-order valence-corrected chi connectivity index (χ0v) is 11.4. The maximum atomic E-state index is 5.51. The van der Waals surface area contributed by atoms with E-state index < -0.39 is 0 Å². The van der Waals surface area contributed by atoms with E-state index in [1.807, 2.05) is 7.05 Å². The van der Waals surface area contributed by atoms with Crippen LogP contribution in [0.15, 0.2) is 5.38 Å². The molecule has 1 aliphatic heterocycles. The van der Waals surface area contributed by atoms with Gasteiger partial charge in [0.05, 0.1) is 12.3 Å². The van der Waals surface area contributed by atoms with Crippen LogP contribution < -0.4 is 10.2 Å². The van der Waals surface area contributed by atoms with Gasteiger partial charge in [-0.25, -0.2) is 4.98 Å². The highest BCUT2D eigenvalue weighted by molar-refractivity contribution is 7.13. The average Bonchev–Trinajstić information content (AvgIpc) is 2.79. The predicted molar refractivity (Wildman–Crippen MR) is 71.7 cm³/mol. The van der Waals surface area contributed by atoms with E-state index >= 15 is 0 Å². The zero-order valence-electron chi connectivity index (χ0n) is 10.6. The molecule has 17 heavy (non-hydrogen) atoms. The summed E-state index contributed by atoms with van der Waals surface area (Å²) < 4.78 is 5.51. The lowest BCUT2D eigenvalue weighted by Crippen LogP contribution is -2.30. The fourth-order valence-corrected chi connectivity index (χ4v) is 2.95. The topological polar surface area (TPSA) is 37.4 Å². The average molecular weight is 255 g/mol. The summed E-state index contributed by atoms with van der Waals surface area (Å²) >= 11 is 1.72. The minimum atomic E-state index is 0.658. The summed E-state index contributed by atoms with van der Waals surface area (Å²) in [6, 6.07) is 0. The first kappa shape index (κ1) is 12.8. The molecule has 0 amide bonds. The van der Waals surface area contributed by atoms with E-state index in [2.05, 4.69) is 27.6 Å². The summed E-state index contributed by atoms with van der Waals surface area (Å²) in [6.45, 7) is 3.73. The Bertz CT molecular complexity index is 336. The number of rotatable bonds is 5. The summed E-state index contributed by atoms with van der Waals surface area (Å²) in [5.74, 6) is 0.658. The van der Waals surface area contributed by atoms with Crippen LogP contribution in [-0.4, -0.2) is 38.8 Å². The molecular formula is C12H21N3OS. The number of nitrogens with one attached hydrogen (secondary N) is 1. The van der Waals surface area contributed by atoms with Crippen molar-refractivity contribution in [3.63, 3.8) is 0 Å². The third kappa shape index (κ3) is 3.66. The molecule has 0 radical (unpaired) electrons. The smallest absolute Gasteiger partial charge is 0.185 e. The largest absolute Gasteiger partial charge is 0.381 e. The summed E-state index contributed by atoms with van der Waals surface area (Å²) in [5, 5.41) is 6.36. The van der Waals surface area contributed by atoms with E-state index in [1.165, 1.54) is 12.8 Å². The van der Waals surface area contributed by atoms with Crippen LogP contribution in [0.2, 0.25) is 0 Å². The second kappa shape index (κ2) is 6.33. The molecule has 0 aliphatic carbocycles. The molecule has 2 heterocycles. The monoisotopic (exact) mass is 255 g/mol. The maximum absolute atomic E-state index is 5.51. The number of aromatic nitrogens is 1. The summed E-state index contributed by atoms with van der Waals surface area (Å²) in [7, 11) is 4.07. The number of anilines is 1. The molecule has 1 aromatic rings. The van der Waals surface area contributed by atoms with Crippen LogP contribution in [0.4, 0.5) is 5.13 Å². The van der Waals surface area contributed by atoms with E-state index in [1.54, 1.807) is 11.3 Å². The quantitative estimate of drug-likeness (QED) is 0.869. The molecule has 0 aromatic carbocycles. The van der Waals surface area contributed by atoms with E-state index in [4.69, 9.17) is 4.74 Å². The van der Waals surface area contributed by atoms with Crippen molar-refractivity contribution in [2.45, 2.75) is 19.4 Å². The number of hydrogen-bond acceptors (Lipinski definition) is 5. The van der Waals surface area contributed by atoms with Gasteiger partial charge in [-0.15, -0.1) is 11.3 Å². The lowest BCUT2D eigenvalue weighted by atomic mass is 10.0. The van der Waals surface area contributed by atoms with Gasteiger partial charge in [-0.3, -0.25) is 0 Å². The van der Waals surface area contributed by atoms with Gasteiger partial charge in [0.1, 0.15) is 0 Å². The molecule has 1 aromatic heterocycles. The zero-order chi connectivity index (χ0) is 12.1. The van der Waals surface area contributed by atoms with Crippen molar-refractivity contribution in [3.8, 4) is 0 Å². The van der Waals surface area contributed by atoms with Gasteiger partial charge in [-0.2, -0.15) is 0 Å². The van der Waals surface area contributed by atoms with Gasteiger partial charge in [0.2, 0.25) is 0 Å². The summed E-state index contributed by atoms with van der Waals surface area (Å²) in [6.07, 6.45) is 2.47. The van der Waals surface area contributed by atoms with Crippen molar-refractivity contribution in [3.05, 3.63) is 11.1 Å². The van der Waals surface area contributed by atoms with Crippen LogP contribution in [0.3, 0.4) is 0 Å². The molecule has 1 aliphatic rings. The van der Waals surface area contributed by atoms with Gasteiger partial charge in [0.15, 0.2) is 5.13 Å². The molecule has 0 bridgehead atoms. The van der Waals surface area contributed by atoms with Gasteiger partial charge < -0.3 is 15.0 Å². The van der Waals surface area contributed by atoms with Crippen molar-refractivity contribution in [2.24, 2.45) is 5.92 Å². The first-order chi connectivity index (χ1) is 8.29. The third-order valence-corrected chi connectivity index (χ3v) is 4.01. The van der Waals surface area contributed by atoms with Gasteiger partial charge in [0.25, 0.3) is 0 Å². The first-order valence-electron chi connectivity index (χ1n) is 6.17. The number of hydrogen-bond donors (Lipinski definition) is 1. The Kier molecular flexibility index (Phi) is 4.76. The molecule has 0 saturated carbocycles. The van der Waals surface area contributed by atoms with Crippen molar-refractivity contribution >= 4 is 16.5 Å². The summed E-state index contributed by atoms with van der Waals surface area (Å²) in [4.78, 5) is 6.86. The summed E-state index contributed by atoms with van der Waals surface area (Å²) in [5.41, 5.74) is 1.12. The molecule has 1 N–H and O–H groups in total. The fraction of sp³-hybridized carbons (Fsp3) is 0.750. The number of thiazole rings is 1. The first-order valence-corrected chi connectivity index (χ1v) is 7.05. The Morgan fingerprint density at radius 3 is 3.24 bits per heavy atom. The minimum Gasteiger partial charge on any atom is -0.381 e. The Hall–Kier alpha value is -0.650. The van der Waals surface area contributed by atoms with Gasteiger partial charge in [-0.1, -0.05) is 0 Å². The predicted octanol–water partition coefficient (Wildman–Crippen LogP) is 1.73. The third-order valence-electron chi connectivity index (χ3n) is 3.01. The number of nitrogens with zero attached hydrogens (tertiary/aromatic N) is 2. The molecule has 5 heteroatoms. The second-order valence-electron chi connectivity index (χ2n) is 4.62. The van der Waals surface area contributed by atoms with E-state index in [0.717, 1.165) is 37.1 Å². The lowest BCUT2D eigenvalue weighted by molar-refractivity contribution is 0.0576. The van der Waals surface area contributed by atoms with Crippen LogP contribution >= 0.6 is 11.3 Å². The highest BCUT2D eigenvalue weighted by atomic mass is 32.1. The Labute approximate surface area is 107 Å². The van der Waals surface area contributed by atoms with Crippen LogP contribution in [0.25, 0.3) is 0 Å². The van der Waals surface area contributed by atoms with Crippen LogP contribution in [-0.2, 0) is 11.3 Å². The minimum absolute atomic E-state index is 0.658. The normalized spacial score (nSPS) is 20.5. The van der Waals surface area contributed by atoms with E-state index in [-0.39, 0.29) is 0 Å². The SMILES string of the molecule is CNCc1csc(N(C)CC2CCCOC2)n1. The van der Waals surface area contributed by atoms with Gasteiger partial charge in [0, 0.05) is 32.1 Å². The highest BCUT2D eigenvalue weighted by Crippen LogP contribution is 2.22. The highest BCUT2D eigenvalue weighted by Gasteiger charge is 2.17. The molecular weight excluding hydrogens is 234 g/mol.